The van der Waals surface area contributed by atoms with Gasteiger partial charge in [0.1, 0.15) is 0 Å². The first kappa shape index (κ1) is 22.2. The summed E-state index contributed by atoms with van der Waals surface area (Å²) < 4.78 is 2.38. The highest BCUT2D eigenvalue weighted by Crippen LogP contribution is 2.38. The van der Waals surface area contributed by atoms with E-state index in [9.17, 15) is 0 Å². The Morgan fingerprint density at radius 2 is 1.65 bits per heavy atom. The molecule has 0 amide bonds. The number of aromatic nitrogens is 2. The molecule has 3 heterocycles. The van der Waals surface area contributed by atoms with Gasteiger partial charge in [0.2, 0.25) is 0 Å². The van der Waals surface area contributed by atoms with Crippen LogP contribution in [0, 0.1) is 12.5 Å². The Bertz CT molecular complexity index is 1320. The summed E-state index contributed by atoms with van der Waals surface area (Å²) in [5.41, 5.74) is 7.29. The molecule has 0 unspecified atom stereocenters. The number of likely N-dealkylation sites (tertiary alicyclic amines) is 1. The van der Waals surface area contributed by atoms with E-state index in [4.69, 9.17) is 11.6 Å². The second kappa shape index (κ2) is 9.32. The largest absolute Gasteiger partial charge is 0.378 e. The maximum Gasteiger partial charge on any atom is 0.187 e. The molecule has 5 heteroatoms. The lowest BCUT2D eigenvalue weighted by molar-refractivity contribution is 0.206. The van der Waals surface area contributed by atoms with Crippen LogP contribution in [0.1, 0.15) is 12.8 Å². The van der Waals surface area contributed by atoms with Gasteiger partial charge in [0.05, 0.1) is 24.0 Å². The van der Waals surface area contributed by atoms with Crippen LogP contribution in [0.15, 0.2) is 67.0 Å². The molecule has 2 aromatic heterocycles. The highest BCUT2D eigenvalue weighted by atomic mass is 15.1. The van der Waals surface area contributed by atoms with Gasteiger partial charge >= 0.3 is 0 Å². The van der Waals surface area contributed by atoms with Crippen LogP contribution < -0.4 is 4.90 Å². The van der Waals surface area contributed by atoms with E-state index in [0.717, 1.165) is 34.6 Å². The maximum atomic E-state index is 7.32. The molecular weight excluding hydrogens is 418 g/mol. The first-order chi connectivity index (χ1) is 16.5. The van der Waals surface area contributed by atoms with E-state index < -0.39 is 0 Å². The van der Waals surface area contributed by atoms with Crippen LogP contribution in [0.3, 0.4) is 0 Å². The Kier molecular flexibility index (Phi) is 6.08. The lowest BCUT2D eigenvalue weighted by atomic mass is 9.95. The number of rotatable bonds is 5. The number of pyridine rings is 1. The third-order valence-corrected chi connectivity index (χ3v) is 7.06. The van der Waals surface area contributed by atoms with Gasteiger partial charge in [0, 0.05) is 49.0 Å². The highest BCUT2D eigenvalue weighted by Gasteiger charge is 2.20. The molecule has 1 saturated heterocycles. The SMILES string of the molecule is [C-]#[N+]c1ccc(-c2c(-c3ccc(N(C)C)cc3)ncc3c2ccn3CC2CCN(C)CC2)cc1. The lowest BCUT2D eigenvalue weighted by Gasteiger charge is -2.29. The number of nitrogens with zero attached hydrogens (tertiary/aromatic N) is 5. The summed E-state index contributed by atoms with van der Waals surface area (Å²) in [6.45, 7) is 10.7. The second-order valence-corrected chi connectivity index (χ2v) is 9.60. The van der Waals surface area contributed by atoms with Crippen molar-refractivity contribution in [3.8, 4) is 22.4 Å². The normalized spacial score (nSPS) is 14.9. The third-order valence-electron chi connectivity index (χ3n) is 7.06. The lowest BCUT2D eigenvalue weighted by Crippen LogP contribution is -2.31. The van der Waals surface area contributed by atoms with E-state index in [1.807, 2.05) is 18.3 Å². The van der Waals surface area contributed by atoms with Crippen LogP contribution in [0.5, 0.6) is 0 Å². The Hall–Kier alpha value is -3.62. The van der Waals surface area contributed by atoms with Gasteiger partial charge in [-0.1, -0.05) is 36.4 Å². The van der Waals surface area contributed by atoms with Crippen molar-refractivity contribution in [1.29, 1.82) is 0 Å². The third kappa shape index (κ3) is 4.30. The van der Waals surface area contributed by atoms with E-state index in [1.165, 1.54) is 36.8 Å². The van der Waals surface area contributed by atoms with Crippen LogP contribution in [0.4, 0.5) is 11.4 Å². The quantitative estimate of drug-likeness (QED) is 0.333. The number of anilines is 1. The summed E-state index contributed by atoms with van der Waals surface area (Å²) in [4.78, 5) is 13.1. The van der Waals surface area contributed by atoms with Crippen LogP contribution >= 0.6 is 0 Å². The van der Waals surface area contributed by atoms with E-state index in [0.29, 0.717) is 11.6 Å². The summed E-state index contributed by atoms with van der Waals surface area (Å²) in [6.07, 6.45) is 6.74. The molecule has 0 saturated carbocycles. The van der Waals surface area contributed by atoms with Gasteiger partial charge in [-0.05, 0) is 62.7 Å². The fourth-order valence-corrected chi connectivity index (χ4v) is 4.97. The van der Waals surface area contributed by atoms with Gasteiger partial charge in [-0.25, -0.2) is 4.85 Å². The van der Waals surface area contributed by atoms with Crippen molar-refractivity contribution in [2.24, 2.45) is 5.92 Å². The standard InChI is InChI=1S/C29H31N5/c1-30-24-9-5-22(6-10-24)28-26-15-18-34(20-21-13-16-33(4)17-14-21)27(26)19-31-29(28)23-7-11-25(12-8-23)32(2)3/h5-12,15,18-19,21H,13-14,16-17,20H2,2-4H3. The van der Waals surface area contributed by atoms with E-state index in [2.05, 4.69) is 89.0 Å². The monoisotopic (exact) mass is 449 g/mol. The van der Waals surface area contributed by atoms with Gasteiger partial charge in [0.15, 0.2) is 5.69 Å². The minimum atomic E-state index is 0.653. The summed E-state index contributed by atoms with van der Waals surface area (Å²) in [5, 5.41) is 1.21. The zero-order valence-electron chi connectivity index (χ0n) is 20.2. The average Bonchev–Trinajstić information content (AvgIpc) is 3.27. The number of hydrogen-bond acceptors (Lipinski definition) is 3. The molecule has 0 atom stereocenters. The molecule has 0 radical (unpaired) electrons. The van der Waals surface area contributed by atoms with Crippen LogP contribution in [-0.4, -0.2) is 48.7 Å². The Morgan fingerprint density at radius 3 is 2.29 bits per heavy atom. The van der Waals surface area contributed by atoms with Crippen molar-refractivity contribution in [3.63, 3.8) is 0 Å². The van der Waals surface area contributed by atoms with Crippen molar-refractivity contribution in [2.75, 3.05) is 39.1 Å². The van der Waals surface area contributed by atoms with Gasteiger partial charge in [0.25, 0.3) is 0 Å². The van der Waals surface area contributed by atoms with Gasteiger partial charge in [-0.3, -0.25) is 4.98 Å². The summed E-state index contributed by atoms with van der Waals surface area (Å²) in [6, 6.07) is 18.7. The molecule has 0 aliphatic carbocycles. The smallest absolute Gasteiger partial charge is 0.187 e. The molecule has 2 aromatic carbocycles. The minimum Gasteiger partial charge on any atom is -0.378 e. The maximum absolute atomic E-state index is 7.32. The van der Waals surface area contributed by atoms with Crippen molar-refractivity contribution >= 4 is 22.3 Å². The molecule has 5 rings (SSSR count). The molecule has 1 aliphatic rings. The first-order valence-corrected chi connectivity index (χ1v) is 12.0. The van der Waals surface area contributed by atoms with Crippen LogP contribution in [0.25, 0.3) is 38.1 Å². The van der Waals surface area contributed by atoms with Crippen LogP contribution in [-0.2, 0) is 6.54 Å². The van der Waals surface area contributed by atoms with Gasteiger partial charge < -0.3 is 14.4 Å². The second-order valence-electron chi connectivity index (χ2n) is 9.60. The van der Waals surface area contributed by atoms with E-state index in [-0.39, 0.29) is 0 Å². The molecule has 172 valence electrons. The molecule has 1 fully saturated rings. The van der Waals surface area contributed by atoms with Crippen molar-refractivity contribution in [1.82, 2.24) is 14.5 Å². The average molecular weight is 450 g/mol. The fourth-order valence-electron chi connectivity index (χ4n) is 4.97. The number of hydrogen-bond donors (Lipinski definition) is 0. The fraction of sp³-hybridized carbons (Fsp3) is 0.310. The van der Waals surface area contributed by atoms with Crippen molar-refractivity contribution in [2.45, 2.75) is 19.4 Å². The van der Waals surface area contributed by atoms with E-state index in [1.54, 1.807) is 0 Å². The number of piperidine rings is 1. The summed E-state index contributed by atoms with van der Waals surface area (Å²) in [5.74, 6) is 0.700. The van der Waals surface area contributed by atoms with Crippen molar-refractivity contribution in [3.05, 3.63) is 78.4 Å². The predicted molar refractivity (Wildman–Crippen MR) is 141 cm³/mol. The molecule has 5 nitrogen and oxygen atoms in total. The topological polar surface area (TPSA) is 28.7 Å². The summed E-state index contributed by atoms with van der Waals surface area (Å²) in [7, 11) is 6.32. The van der Waals surface area contributed by atoms with E-state index >= 15 is 0 Å². The Balaban J connectivity index is 1.60. The zero-order chi connectivity index (χ0) is 23.7. The molecule has 0 spiro atoms. The summed E-state index contributed by atoms with van der Waals surface area (Å²) >= 11 is 0. The van der Waals surface area contributed by atoms with Crippen molar-refractivity contribution < 1.29 is 0 Å². The molecule has 4 aromatic rings. The van der Waals surface area contributed by atoms with Crippen LogP contribution in [0.2, 0.25) is 0 Å². The molecule has 0 N–H and O–H groups in total. The van der Waals surface area contributed by atoms with Gasteiger partial charge in [-0.15, -0.1) is 0 Å². The molecule has 34 heavy (non-hydrogen) atoms. The van der Waals surface area contributed by atoms with Gasteiger partial charge in [-0.2, -0.15) is 0 Å². The zero-order valence-corrected chi connectivity index (χ0v) is 20.2. The molecule has 1 aliphatic heterocycles. The first-order valence-electron chi connectivity index (χ1n) is 12.0. The number of benzene rings is 2. The number of fused-ring (bicyclic) bond motifs is 1. The highest BCUT2D eigenvalue weighted by molar-refractivity contribution is 6.01. The molecule has 0 bridgehead atoms. The Morgan fingerprint density at radius 1 is 0.971 bits per heavy atom. The minimum absolute atomic E-state index is 0.653. The predicted octanol–water partition coefficient (Wildman–Crippen LogP) is 6.33. The Labute approximate surface area is 202 Å². The molecular formula is C29H31N5.